The summed E-state index contributed by atoms with van der Waals surface area (Å²) in [6, 6.07) is 0. The third-order valence-corrected chi connectivity index (χ3v) is 5.13. The minimum Gasteiger partial charge on any atom is -0.485 e. The van der Waals surface area contributed by atoms with Crippen molar-refractivity contribution in [3.8, 4) is 5.75 Å². The molecule has 15 heteroatoms. The van der Waals surface area contributed by atoms with Crippen molar-refractivity contribution in [2.45, 2.75) is 32.0 Å². The van der Waals surface area contributed by atoms with Crippen LogP contribution in [0.5, 0.6) is 5.75 Å². The number of carbonyl (C=O) groups is 1. The number of allylic oxidation sites excluding steroid dienone is 1. The molecule has 1 atom stereocenters. The van der Waals surface area contributed by atoms with Crippen molar-refractivity contribution in [2.24, 2.45) is 9.98 Å². The molecule has 2 rings (SSSR count). The number of aliphatic hydroxyl groups is 1. The Hall–Kier alpha value is -2.97. The van der Waals surface area contributed by atoms with Gasteiger partial charge in [-0.25, -0.2) is 15.1 Å². The van der Waals surface area contributed by atoms with E-state index >= 15 is 0 Å². The highest BCUT2D eigenvalue weighted by Gasteiger charge is 2.38. The van der Waals surface area contributed by atoms with Crippen LogP contribution in [-0.4, -0.2) is 95.8 Å². The minimum atomic E-state index is -4.96. The molecule has 1 aromatic rings. The van der Waals surface area contributed by atoms with E-state index < -0.39 is 29.2 Å². The van der Waals surface area contributed by atoms with Crippen molar-refractivity contribution in [1.29, 1.82) is 0 Å². The fourth-order valence-electron chi connectivity index (χ4n) is 3.30. The Kier molecular flexibility index (Phi) is 11.3. The van der Waals surface area contributed by atoms with Crippen molar-refractivity contribution in [2.75, 3.05) is 46.0 Å². The van der Waals surface area contributed by atoms with Crippen LogP contribution in [0.25, 0.3) is 0 Å². The largest absolute Gasteiger partial charge is 0.485 e. The second kappa shape index (κ2) is 13.9. The van der Waals surface area contributed by atoms with Crippen LogP contribution in [0.1, 0.15) is 25.3 Å². The molecule has 0 spiro atoms. The number of amides is 1. The van der Waals surface area contributed by atoms with Crippen molar-refractivity contribution in [1.82, 2.24) is 20.0 Å². The van der Waals surface area contributed by atoms with E-state index in [-0.39, 0.29) is 38.6 Å². The molecule has 200 valence electrons. The zero-order valence-corrected chi connectivity index (χ0v) is 20.4. The first kappa shape index (κ1) is 29.3. The first-order valence-electron chi connectivity index (χ1n) is 11.0. The van der Waals surface area contributed by atoms with Gasteiger partial charge in [0.05, 0.1) is 25.8 Å². The van der Waals surface area contributed by atoms with Crippen LogP contribution in [0, 0.1) is 0 Å². The molecule has 2 heterocycles. The third-order valence-electron chi connectivity index (χ3n) is 5.03. The number of aliphatic hydroxyl groups excluding tert-OH is 1. The Morgan fingerprint density at radius 2 is 2.03 bits per heavy atom. The number of rotatable bonds is 10. The van der Waals surface area contributed by atoms with Crippen LogP contribution in [-0.2, 0) is 15.7 Å². The number of aliphatic imine (C=N–C) groups is 2. The fraction of sp³-hybridized carbons (Fsp3) is 0.571. The maximum atomic E-state index is 13.2. The van der Waals surface area contributed by atoms with Crippen molar-refractivity contribution in [3.05, 3.63) is 33.3 Å². The predicted molar refractivity (Wildman–Crippen MR) is 126 cm³/mol. The van der Waals surface area contributed by atoms with Crippen LogP contribution in [0.3, 0.4) is 0 Å². The number of hydrogen-bond acceptors (Lipinski definition) is 7. The number of nitrogens with zero attached hydrogens (tertiary/aromatic N) is 5. The van der Waals surface area contributed by atoms with Gasteiger partial charge in [0, 0.05) is 50.4 Å². The van der Waals surface area contributed by atoms with E-state index in [1.165, 1.54) is 6.20 Å². The van der Waals surface area contributed by atoms with Crippen molar-refractivity contribution >= 4 is 30.2 Å². The van der Waals surface area contributed by atoms with Gasteiger partial charge < -0.3 is 24.4 Å². The van der Waals surface area contributed by atoms with Gasteiger partial charge in [-0.15, -0.1) is 0 Å². The van der Waals surface area contributed by atoms with E-state index in [9.17, 15) is 27.9 Å². The highest BCUT2D eigenvalue weighted by molar-refractivity contribution is 6.29. The number of piperazine rings is 1. The molecule has 1 amide bonds. The summed E-state index contributed by atoms with van der Waals surface area (Å²) >= 11 is 5.78. The van der Waals surface area contributed by atoms with Gasteiger partial charge in [0.15, 0.2) is 11.3 Å². The summed E-state index contributed by atoms with van der Waals surface area (Å²) in [5.74, 6) is -0.519. The second-order valence-electron chi connectivity index (χ2n) is 7.68. The third kappa shape index (κ3) is 8.91. The maximum absolute atomic E-state index is 13.2. The number of hydrogen-bond donors (Lipinski definition) is 2. The quantitative estimate of drug-likeness (QED) is 0.264. The molecule has 0 radical (unpaired) electrons. The maximum Gasteiger partial charge on any atom is 0.425 e. The molecule has 1 aliphatic rings. The molecular weight excluding hydrogens is 509 g/mol. The van der Waals surface area contributed by atoms with Gasteiger partial charge in [-0.1, -0.05) is 11.6 Å². The minimum absolute atomic E-state index is 0.00912. The molecule has 0 aliphatic carbocycles. The predicted octanol–water partition coefficient (Wildman–Crippen LogP) is 1.63. The Balaban J connectivity index is 1.84. The molecule has 1 fully saturated rings. The zero-order chi connectivity index (χ0) is 26.7. The lowest BCUT2D eigenvalue weighted by molar-refractivity contribution is -0.141. The number of guanidine groups is 1. The number of ether oxygens (including phenoxy) is 2. The summed E-state index contributed by atoms with van der Waals surface area (Å²) in [7, 11) is 0. The van der Waals surface area contributed by atoms with Gasteiger partial charge in [0.2, 0.25) is 11.9 Å². The second-order valence-corrected chi connectivity index (χ2v) is 8.28. The molecule has 0 aromatic carbocycles. The van der Waals surface area contributed by atoms with Crippen LogP contribution in [0.4, 0.5) is 13.2 Å². The van der Waals surface area contributed by atoms with Crippen molar-refractivity contribution < 1.29 is 32.5 Å². The summed E-state index contributed by atoms with van der Waals surface area (Å²) in [4.78, 5) is 35.7. The molecule has 1 saturated heterocycles. The zero-order valence-electron chi connectivity index (χ0n) is 19.6. The normalized spacial score (nSPS) is 16.2. The highest BCUT2D eigenvalue weighted by atomic mass is 35.5. The van der Waals surface area contributed by atoms with Crippen LogP contribution in [0.2, 0.25) is 0 Å². The lowest BCUT2D eigenvalue weighted by Crippen LogP contribution is -2.50. The van der Waals surface area contributed by atoms with E-state index in [1.807, 2.05) is 4.90 Å². The van der Waals surface area contributed by atoms with Gasteiger partial charge >= 0.3 is 6.18 Å². The molecule has 0 unspecified atom stereocenters. The van der Waals surface area contributed by atoms with E-state index in [2.05, 4.69) is 21.8 Å². The summed E-state index contributed by atoms with van der Waals surface area (Å²) in [6.07, 6.45) is -3.76. The average molecular weight is 537 g/mol. The topological polar surface area (TPSA) is 133 Å². The van der Waals surface area contributed by atoms with Crippen molar-refractivity contribution in [3.63, 3.8) is 0 Å². The number of alkyl halides is 3. The molecule has 0 bridgehead atoms. The molecule has 11 nitrogen and oxygen atoms in total. The standard InChI is InChI=1S/C21H28ClF3N6O5/c1-14(22)11-27-20(26-2)31-7-5-30(6-8-31)17(33)4-10-35-13-15(3-9-32)36-16-12-28-29-19(34)18(16)21(23,24)25/h11-12,15,32H,2-10,13H2,1H3,(H,29,34)/b14-11+,27-20+/t15-/m1/s1. The fourth-order valence-corrected chi connectivity index (χ4v) is 3.35. The highest BCUT2D eigenvalue weighted by Crippen LogP contribution is 2.33. The number of nitrogens with one attached hydrogen (secondary N) is 1. The lowest BCUT2D eigenvalue weighted by atomic mass is 10.2. The first-order chi connectivity index (χ1) is 17.1. The van der Waals surface area contributed by atoms with Crippen LogP contribution in [0.15, 0.2) is 32.2 Å². The van der Waals surface area contributed by atoms with Gasteiger partial charge in [0.25, 0.3) is 5.56 Å². The van der Waals surface area contributed by atoms with E-state index in [0.29, 0.717) is 37.2 Å². The molecule has 0 saturated carbocycles. The number of halogens is 4. The number of H-pyrrole nitrogens is 1. The van der Waals surface area contributed by atoms with Gasteiger partial charge in [-0.2, -0.15) is 18.3 Å². The van der Waals surface area contributed by atoms with Crippen LogP contribution >= 0.6 is 11.6 Å². The summed E-state index contributed by atoms with van der Waals surface area (Å²) in [5, 5.41) is 14.8. The van der Waals surface area contributed by atoms with Crippen LogP contribution < -0.4 is 10.3 Å². The summed E-state index contributed by atoms with van der Waals surface area (Å²) in [5.41, 5.74) is -2.97. The summed E-state index contributed by atoms with van der Waals surface area (Å²) < 4.78 is 50.3. The molecular formula is C21H28ClF3N6O5. The molecule has 2 N–H and O–H groups in total. The molecule has 1 aromatic heterocycles. The van der Waals surface area contributed by atoms with Gasteiger partial charge in [0.1, 0.15) is 6.10 Å². The smallest absolute Gasteiger partial charge is 0.425 e. The Morgan fingerprint density at radius 3 is 2.61 bits per heavy atom. The lowest BCUT2D eigenvalue weighted by Gasteiger charge is -2.35. The molecule has 36 heavy (non-hydrogen) atoms. The average Bonchev–Trinajstić information content (AvgIpc) is 2.81. The first-order valence-corrected chi connectivity index (χ1v) is 11.3. The Morgan fingerprint density at radius 1 is 1.36 bits per heavy atom. The molecule has 1 aliphatic heterocycles. The number of aromatic nitrogens is 2. The number of aromatic amines is 1. The van der Waals surface area contributed by atoms with Gasteiger partial charge in [-0.3, -0.25) is 9.59 Å². The van der Waals surface area contributed by atoms with E-state index in [0.717, 1.165) is 6.20 Å². The van der Waals surface area contributed by atoms with E-state index in [1.54, 1.807) is 16.9 Å². The van der Waals surface area contributed by atoms with E-state index in [4.69, 9.17) is 21.1 Å². The Labute approximate surface area is 210 Å². The summed E-state index contributed by atoms with van der Waals surface area (Å²) in [6.45, 7) is 6.44. The monoisotopic (exact) mass is 536 g/mol. The Bertz CT molecular complexity index is 1000. The van der Waals surface area contributed by atoms with Gasteiger partial charge in [-0.05, 0) is 13.6 Å². The SMILES string of the molecule is C=N/C(=N\C=C(/C)Cl)N1CCN(C(=O)CCOC[C@@H](CCO)Oc2cn[nH]c(=O)c2C(F)(F)F)CC1. The number of carbonyl (C=O) groups excluding carboxylic acids is 1.